The number of pyridine rings is 2. The predicted octanol–water partition coefficient (Wildman–Crippen LogP) is 4.42. The zero-order chi connectivity index (χ0) is 25.7. The Hall–Kier alpha value is -3.82. The number of nitrogens with zero attached hydrogens (tertiary/aromatic N) is 4. The van der Waals surface area contributed by atoms with Crippen LogP contribution in [0, 0.1) is 22.7 Å². The van der Waals surface area contributed by atoms with E-state index >= 15 is 0 Å². The molecule has 0 fully saturated rings. The van der Waals surface area contributed by atoms with Gasteiger partial charge in [-0.25, -0.2) is 9.78 Å². The van der Waals surface area contributed by atoms with Crippen molar-refractivity contribution in [2.24, 2.45) is 5.73 Å². The fraction of sp³-hybridized carbons (Fsp3) is 0.370. The van der Waals surface area contributed by atoms with Gasteiger partial charge in [0.2, 0.25) is 5.88 Å². The van der Waals surface area contributed by atoms with Crippen molar-refractivity contribution in [3.05, 3.63) is 75.8 Å². The molecule has 0 radical (unpaired) electrons. The smallest absolute Gasteiger partial charge is 0.338 e. The lowest BCUT2D eigenvalue weighted by molar-refractivity contribution is -0.143. The second kappa shape index (κ2) is 11.3. The molecule has 3 heterocycles. The molecule has 0 unspecified atom stereocenters. The van der Waals surface area contributed by atoms with Gasteiger partial charge in [-0.3, -0.25) is 4.98 Å². The first-order valence-corrected chi connectivity index (χ1v) is 12.9. The molecule has 2 aromatic rings. The summed E-state index contributed by atoms with van der Waals surface area (Å²) in [6.45, 7) is 3.51. The highest BCUT2D eigenvalue weighted by atomic mass is 32.2. The van der Waals surface area contributed by atoms with Gasteiger partial charge >= 0.3 is 5.97 Å². The van der Waals surface area contributed by atoms with Crippen molar-refractivity contribution in [2.75, 3.05) is 5.75 Å². The van der Waals surface area contributed by atoms with Crippen molar-refractivity contribution in [3.8, 4) is 12.1 Å². The van der Waals surface area contributed by atoms with E-state index in [0.717, 1.165) is 43.4 Å². The van der Waals surface area contributed by atoms with Gasteiger partial charge in [0.05, 0.1) is 28.9 Å². The number of hydrogen-bond acceptors (Lipinski definition) is 9. The van der Waals surface area contributed by atoms with E-state index in [1.165, 1.54) is 11.8 Å². The van der Waals surface area contributed by atoms with Crippen LogP contribution in [0.4, 0.5) is 0 Å². The SMILES string of the molecule is CC(C)OC(=O)C1=C(CSc2nc3c(cc2C#N)CCCCC3)OC(N)=C(C#N)[C@H]1c1ccncc1. The van der Waals surface area contributed by atoms with Crippen LogP contribution in [0.3, 0.4) is 0 Å². The van der Waals surface area contributed by atoms with Crippen LogP contribution in [0.15, 0.2) is 58.4 Å². The van der Waals surface area contributed by atoms with Crippen LogP contribution < -0.4 is 5.73 Å². The molecule has 9 heteroatoms. The predicted molar refractivity (Wildman–Crippen MR) is 134 cm³/mol. The summed E-state index contributed by atoms with van der Waals surface area (Å²) in [5, 5.41) is 20.2. The molecule has 0 amide bonds. The van der Waals surface area contributed by atoms with Gasteiger partial charge in [0.15, 0.2) is 0 Å². The molecule has 1 atom stereocenters. The van der Waals surface area contributed by atoms with Crippen molar-refractivity contribution < 1.29 is 14.3 Å². The number of ether oxygens (including phenoxy) is 2. The lowest BCUT2D eigenvalue weighted by Gasteiger charge is -2.28. The number of thioether (sulfide) groups is 1. The van der Waals surface area contributed by atoms with E-state index in [9.17, 15) is 15.3 Å². The molecule has 1 aliphatic heterocycles. The lowest BCUT2D eigenvalue weighted by atomic mass is 9.83. The van der Waals surface area contributed by atoms with Gasteiger partial charge in [-0.1, -0.05) is 18.2 Å². The van der Waals surface area contributed by atoms with Gasteiger partial charge in [0.25, 0.3) is 0 Å². The summed E-state index contributed by atoms with van der Waals surface area (Å²) in [7, 11) is 0. The number of nitrogens with two attached hydrogens (primary N) is 1. The van der Waals surface area contributed by atoms with Gasteiger partial charge in [-0.05, 0) is 68.9 Å². The molecule has 0 spiro atoms. The van der Waals surface area contributed by atoms with Crippen LogP contribution in [0.5, 0.6) is 0 Å². The van der Waals surface area contributed by atoms with E-state index < -0.39 is 11.9 Å². The molecule has 0 saturated carbocycles. The number of carbonyl (C=O) groups excluding carboxylic acids is 1. The average molecular weight is 502 g/mol. The average Bonchev–Trinajstić information content (AvgIpc) is 3.11. The standard InChI is InChI=1S/C27H27N5O3S/c1-16(2)34-27(33)24-22(35-25(30)20(14-29)23(24)17-8-10-31-11-9-17)15-36-26-19(13-28)12-18-6-4-3-5-7-21(18)32-26/h8-12,16,23H,3-7,15,30H2,1-2H3/t23-/m1/s1. The molecule has 4 rings (SSSR count). The summed E-state index contributed by atoms with van der Waals surface area (Å²) in [6, 6.07) is 9.75. The molecule has 0 aromatic carbocycles. The van der Waals surface area contributed by atoms with E-state index in [2.05, 4.69) is 17.1 Å². The third-order valence-electron chi connectivity index (χ3n) is 6.08. The molecule has 0 saturated heterocycles. The third kappa shape index (κ3) is 5.37. The van der Waals surface area contributed by atoms with Gasteiger partial charge in [-0.15, -0.1) is 0 Å². The van der Waals surface area contributed by atoms with E-state index in [1.54, 1.807) is 38.4 Å². The van der Waals surface area contributed by atoms with E-state index in [-0.39, 0.29) is 34.6 Å². The summed E-state index contributed by atoms with van der Waals surface area (Å²) in [4.78, 5) is 22.2. The van der Waals surface area contributed by atoms with Gasteiger partial charge in [-0.2, -0.15) is 10.5 Å². The summed E-state index contributed by atoms with van der Waals surface area (Å²) in [6.07, 6.45) is 7.92. The highest BCUT2D eigenvalue weighted by Crippen LogP contribution is 2.41. The Morgan fingerprint density at radius 1 is 1.22 bits per heavy atom. The van der Waals surface area contributed by atoms with Crippen molar-refractivity contribution >= 4 is 17.7 Å². The maximum absolute atomic E-state index is 13.3. The van der Waals surface area contributed by atoms with Crippen molar-refractivity contribution in [1.82, 2.24) is 9.97 Å². The third-order valence-corrected chi connectivity index (χ3v) is 7.07. The molecule has 2 aromatic heterocycles. The van der Waals surface area contributed by atoms with Crippen LogP contribution in [0.2, 0.25) is 0 Å². The Morgan fingerprint density at radius 3 is 2.67 bits per heavy atom. The second-order valence-electron chi connectivity index (χ2n) is 8.90. The van der Waals surface area contributed by atoms with Crippen LogP contribution in [-0.2, 0) is 27.1 Å². The molecule has 8 nitrogen and oxygen atoms in total. The maximum Gasteiger partial charge on any atom is 0.338 e. The first-order valence-electron chi connectivity index (χ1n) is 11.9. The summed E-state index contributed by atoms with van der Waals surface area (Å²) in [5.41, 5.74) is 9.82. The Kier molecular flexibility index (Phi) is 7.92. The Morgan fingerprint density at radius 2 is 1.97 bits per heavy atom. The first-order chi connectivity index (χ1) is 17.4. The molecule has 36 heavy (non-hydrogen) atoms. The van der Waals surface area contributed by atoms with Gasteiger partial charge in [0.1, 0.15) is 28.5 Å². The number of hydrogen-bond donors (Lipinski definition) is 1. The summed E-state index contributed by atoms with van der Waals surface area (Å²) in [5.74, 6) is -0.942. The van der Waals surface area contributed by atoms with Gasteiger partial charge in [0, 0.05) is 18.1 Å². The molecular weight excluding hydrogens is 474 g/mol. The zero-order valence-electron chi connectivity index (χ0n) is 20.3. The minimum absolute atomic E-state index is 0.0635. The molecular formula is C27H27N5O3S. The molecule has 1 aliphatic carbocycles. The Balaban J connectivity index is 1.75. The number of fused-ring (bicyclic) bond motifs is 1. The number of carbonyl (C=O) groups is 1. The van der Waals surface area contributed by atoms with Crippen LogP contribution >= 0.6 is 11.8 Å². The molecule has 2 N–H and O–H groups in total. The number of aromatic nitrogens is 2. The zero-order valence-corrected chi connectivity index (χ0v) is 21.1. The Labute approximate surface area is 214 Å². The minimum Gasteiger partial charge on any atom is -0.459 e. The van der Waals surface area contributed by atoms with Crippen LogP contribution in [-0.4, -0.2) is 27.8 Å². The monoisotopic (exact) mass is 501 g/mol. The molecule has 184 valence electrons. The largest absolute Gasteiger partial charge is 0.459 e. The second-order valence-corrected chi connectivity index (χ2v) is 9.87. The minimum atomic E-state index is -0.760. The fourth-order valence-corrected chi connectivity index (χ4v) is 5.35. The summed E-state index contributed by atoms with van der Waals surface area (Å²) >= 11 is 1.31. The van der Waals surface area contributed by atoms with Gasteiger partial charge < -0.3 is 15.2 Å². The fourth-order valence-electron chi connectivity index (χ4n) is 4.43. The number of allylic oxidation sites excluding steroid dienone is 1. The maximum atomic E-state index is 13.3. The van der Waals surface area contributed by atoms with Crippen molar-refractivity contribution in [2.45, 2.75) is 63.0 Å². The van der Waals surface area contributed by atoms with E-state index in [1.807, 2.05) is 6.07 Å². The topological polar surface area (TPSA) is 135 Å². The van der Waals surface area contributed by atoms with Crippen molar-refractivity contribution in [3.63, 3.8) is 0 Å². The number of rotatable bonds is 6. The van der Waals surface area contributed by atoms with Crippen molar-refractivity contribution in [1.29, 1.82) is 10.5 Å². The lowest BCUT2D eigenvalue weighted by Crippen LogP contribution is -2.28. The normalized spacial score (nSPS) is 17.5. The highest BCUT2D eigenvalue weighted by Gasteiger charge is 2.38. The quantitative estimate of drug-likeness (QED) is 0.346. The van der Waals surface area contributed by atoms with Crippen LogP contribution in [0.25, 0.3) is 0 Å². The molecule has 0 bridgehead atoms. The van der Waals surface area contributed by atoms with E-state index in [4.69, 9.17) is 20.2 Å². The van der Waals surface area contributed by atoms with E-state index in [0.29, 0.717) is 16.2 Å². The Bertz CT molecular complexity index is 1310. The highest BCUT2D eigenvalue weighted by molar-refractivity contribution is 7.99. The first kappa shape index (κ1) is 25.3. The number of nitriles is 2. The number of aryl methyl sites for hydroxylation is 2. The number of esters is 1. The van der Waals surface area contributed by atoms with Crippen LogP contribution in [0.1, 0.15) is 61.4 Å². The summed E-state index contributed by atoms with van der Waals surface area (Å²) < 4.78 is 11.4. The molecule has 2 aliphatic rings.